The second kappa shape index (κ2) is 9.08. The Morgan fingerprint density at radius 3 is 2.34 bits per heavy atom. The molecule has 35 heavy (non-hydrogen) atoms. The molecule has 2 heterocycles. The molecule has 0 unspecified atom stereocenters. The zero-order valence-electron chi connectivity index (χ0n) is 18.8. The number of ether oxygens (including phenoxy) is 3. The van der Waals surface area contributed by atoms with Crippen molar-refractivity contribution in [3.05, 3.63) is 71.0 Å². The van der Waals surface area contributed by atoms with Gasteiger partial charge < -0.3 is 18.8 Å². The van der Waals surface area contributed by atoms with E-state index in [2.05, 4.69) is 9.71 Å². The van der Waals surface area contributed by atoms with E-state index >= 15 is 0 Å². The minimum atomic E-state index is -3.78. The Balaban J connectivity index is 1.37. The summed E-state index contributed by atoms with van der Waals surface area (Å²) in [5, 5.41) is 0. The van der Waals surface area contributed by atoms with Gasteiger partial charge in [-0.1, -0.05) is 11.3 Å². The van der Waals surface area contributed by atoms with Crippen LogP contribution >= 0.6 is 11.3 Å². The van der Waals surface area contributed by atoms with Crippen LogP contribution in [0.5, 0.6) is 17.2 Å². The predicted octanol–water partition coefficient (Wildman–Crippen LogP) is 3.56. The fourth-order valence-corrected chi connectivity index (χ4v) is 5.66. The zero-order chi connectivity index (χ0) is 24.6. The van der Waals surface area contributed by atoms with Crippen molar-refractivity contribution >= 4 is 43.2 Å². The maximum absolute atomic E-state index is 12.8. The number of nitrogens with zero attached hydrogens (tertiary/aromatic N) is 2. The lowest BCUT2D eigenvalue weighted by Gasteiger charge is -2.18. The summed E-state index contributed by atoms with van der Waals surface area (Å²) in [6, 6.07) is 15.9. The van der Waals surface area contributed by atoms with Gasteiger partial charge in [0, 0.05) is 30.4 Å². The van der Waals surface area contributed by atoms with Crippen molar-refractivity contribution in [2.75, 3.05) is 25.0 Å². The van der Waals surface area contributed by atoms with Crippen molar-refractivity contribution < 1.29 is 27.4 Å². The highest BCUT2D eigenvalue weighted by molar-refractivity contribution is 7.92. The minimum absolute atomic E-state index is 0.100. The van der Waals surface area contributed by atoms with Crippen molar-refractivity contribution in [1.29, 1.82) is 0 Å². The number of rotatable bonds is 5. The molecule has 0 spiro atoms. The number of sulfonamides is 1. The van der Waals surface area contributed by atoms with Gasteiger partial charge in [0.05, 0.1) is 22.2 Å². The summed E-state index contributed by atoms with van der Waals surface area (Å²) >= 11 is 1.37. The number of carbonyl (C=O) groups excluding carboxylic acids is 1. The molecule has 1 aliphatic heterocycles. The highest BCUT2D eigenvalue weighted by Gasteiger charge is 2.17. The molecule has 1 aromatic heterocycles. The van der Waals surface area contributed by atoms with Gasteiger partial charge >= 0.3 is 0 Å². The third-order valence-corrected chi connectivity index (χ3v) is 7.92. The van der Waals surface area contributed by atoms with Crippen LogP contribution in [0.4, 0.5) is 5.69 Å². The van der Waals surface area contributed by atoms with Gasteiger partial charge in [0.1, 0.15) is 19.0 Å². The molecule has 11 heteroatoms. The number of benzene rings is 3. The number of nitrogens with one attached hydrogen (secondary N) is 1. The molecule has 0 saturated carbocycles. The number of amides is 1. The Kier molecular flexibility index (Phi) is 5.95. The number of fused-ring (bicyclic) bond motifs is 2. The van der Waals surface area contributed by atoms with Crippen LogP contribution in [-0.2, 0) is 17.1 Å². The summed E-state index contributed by atoms with van der Waals surface area (Å²) in [6.07, 6.45) is 0. The zero-order valence-corrected chi connectivity index (χ0v) is 20.5. The van der Waals surface area contributed by atoms with Crippen molar-refractivity contribution in [3.63, 3.8) is 0 Å². The molecule has 5 rings (SSSR count). The maximum Gasteiger partial charge on any atom is 0.279 e. The lowest BCUT2D eigenvalue weighted by molar-refractivity contribution is 0.0998. The van der Waals surface area contributed by atoms with E-state index in [1.165, 1.54) is 54.8 Å². The summed E-state index contributed by atoms with van der Waals surface area (Å²) in [5.74, 6) is 1.47. The summed E-state index contributed by atoms with van der Waals surface area (Å²) in [7, 11) is -0.444. The molecular formula is C24H21N3O6S2. The third-order valence-electron chi connectivity index (χ3n) is 5.42. The number of thiazole rings is 1. The predicted molar refractivity (Wildman–Crippen MR) is 132 cm³/mol. The van der Waals surface area contributed by atoms with E-state index in [4.69, 9.17) is 14.2 Å². The van der Waals surface area contributed by atoms with E-state index in [1.807, 2.05) is 23.7 Å². The molecule has 0 atom stereocenters. The first-order valence-electron chi connectivity index (χ1n) is 10.6. The average molecular weight is 512 g/mol. The van der Waals surface area contributed by atoms with Crippen molar-refractivity contribution in [2.24, 2.45) is 12.0 Å². The number of anilines is 1. The third kappa shape index (κ3) is 4.60. The number of hydrogen-bond acceptors (Lipinski definition) is 7. The Bertz CT molecular complexity index is 1590. The molecule has 0 bridgehead atoms. The smallest absolute Gasteiger partial charge is 0.279 e. The van der Waals surface area contributed by atoms with Crippen molar-refractivity contribution in [3.8, 4) is 17.2 Å². The van der Waals surface area contributed by atoms with Crippen LogP contribution in [0.15, 0.2) is 70.6 Å². The quantitative estimate of drug-likeness (QED) is 0.439. The van der Waals surface area contributed by atoms with Gasteiger partial charge in [-0.25, -0.2) is 8.42 Å². The number of carbonyl (C=O) groups is 1. The van der Waals surface area contributed by atoms with Crippen LogP contribution in [0.2, 0.25) is 0 Å². The van der Waals surface area contributed by atoms with Gasteiger partial charge in [0.25, 0.3) is 15.9 Å². The lowest BCUT2D eigenvalue weighted by Crippen LogP contribution is -2.16. The van der Waals surface area contributed by atoms with Gasteiger partial charge in [-0.2, -0.15) is 4.99 Å². The molecule has 1 amide bonds. The molecule has 9 nitrogen and oxygen atoms in total. The standard InChI is InChI=1S/C24H21N3O6S2/c1-27-19-13-20-21(33-12-11-32-20)14-22(19)34-24(27)25-23(28)15-3-5-16(6-4-15)26-35(29,30)18-9-7-17(31-2)8-10-18/h3-10,13-14,26H,11-12H2,1-2H3. The van der Waals surface area contributed by atoms with Gasteiger partial charge in [0.2, 0.25) is 0 Å². The number of hydrogen-bond donors (Lipinski definition) is 1. The number of methoxy groups -OCH3 is 1. The fraction of sp³-hybridized carbons (Fsp3) is 0.167. The highest BCUT2D eigenvalue weighted by Crippen LogP contribution is 2.35. The van der Waals surface area contributed by atoms with Gasteiger partial charge in [0.15, 0.2) is 16.3 Å². The highest BCUT2D eigenvalue weighted by atomic mass is 32.2. The van der Waals surface area contributed by atoms with E-state index in [0.29, 0.717) is 46.5 Å². The van der Waals surface area contributed by atoms with Crippen molar-refractivity contribution in [1.82, 2.24) is 4.57 Å². The largest absolute Gasteiger partial charge is 0.497 e. The molecule has 0 aliphatic carbocycles. The van der Waals surface area contributed by atoms with Crippen LogP contribution < -0.4 is 23.7 Å². The summed E-state index contributed by atoms with van der Waals surface area (Å²) in [4.78, 5) is 17.7. The van der Waals surface area contributed by atoms with Gasteiger partial charge in [-0.3, -0.25) is 9.52 Å². The van der Waals surface area contributed by atoms with Crippen LogP contribution in [0.25, 0.3) is 10.2 Å². The first-order chi connectivity index (χ1) is 16.8. The molecule has 0 radical (unpaired) electrons. The van der Waals surface area contributed by atoms with E-state index in [0.717, 1.165) is 10.2 Å². The van der Waals surface area contributed by atoms with Crippen LogP contribution in [0, 0.1) is 0 Å². The van der Waals surface area contributed by atoms with Crippen LogP contribution in [-0.4, -0.2) is 39.2 Å². The fourth-order valence-electron chi connectivity index (χ4n) is 3.57. The molecular weight excluding hydrogens is 490 g/mol. The summed E-state index contributed by atoms with van der Waals surface area (Å²) in [5.41, 5.74) is 1.55. The molecule has 4 aromatic rings. The molecule has 1 N–H and O–H groups in total. The normalized spacial score (nSPS) is 13.6. The van der Waals surface area contributed by atoms with E-state index in [9.17, 15) is 13.2 Å². The maximum atomic E-state index is 12.8. The average Bonchev–Trinajstić information content (AvgIpc) is 3.16. The Morgan fingerprint density at radius 2 is 1.69 bits per heavy atom. The summed E-state index contributed by atoms with van der Waals surface area (Å²) < 4.78 is 46.8. The van der Waals surface area contributed by atoms with E-state index in [1.54, 1.807) is 12.1 Å². The Morgan fingerprint density at radius 1 is 1.03 bits per heavy atom. The van der Waals surface area contributed by atoms with Gasteiger partial charge in [-0.05, 0) is 48.5 Å². The molecule has 0 fully saturated rings. The van der Waals surface area contributed by atoms with E-state index in [-0.39, 0.29) is 4.90 Å². The molecule has 1 aliphatic rings. The van der Waals surface area contributed by atoms with E-state index < -0.39 is 15.9 Å². The lowest BCUT2D eigenvalue weighted by atomic mass is 10.2. The molecule has 180 valence electrons. The van der Waals surface area contributed by atoms with Crippen molar-refractivity contribution in [2.45, 2.75) is 4.90 Å². The minimum Gasteiger partial charge on any atom is -0.497 e. The number of aryl methyl sites for hydroxylation is 1. The second-order valence-corrected chi connectivity index (χ2v) is 10.4. The monoisotopic (exact) mass is 511 g/mol. The summed E-state index contributed by atoms with van der Waals surface area (Å²) in [6.45, 7) is 0.992. The topological polar surface area (TPSA) is 108 Å². The number of aromatic nitrogens is 1. The van der Waals surface area contributed by atoms with Crippen LogP contribution in [0.3, 0.4) is 0 Å². The molecule has 0 saturated heterocycles. The first-order valence-corrected chi connectivity index (χ1v) is 12.9. The van der Waals surface area contributed by atoms with Crippen LogP contribution in [0.1, 0.15) is 10.4 Å². The molecule has 3 aromatic carbocycles. The Hall–Kier alpha value is -3.83. The Labute approximate surface area is 205 Å². The first kappa shape index (κ1) is 22.9. The second-order valence-electron chi connectivity index (χ2n) is 7.68. The SMILES string of the molecule is COc1ccc(S(=O)(=O)Nc2ccc(C(=O)N=c3sc4cc5c(cc4n3C)OCCO5)cc2)cc1. The van der Waals surface area contributed by atoms with Gasteiger partial charge in [-0.15, -0.1) is 0 Å².